The van der Waals surface area contributed by atoms with Crippen LogP contribution in [0.1, 0.15) is 32.4 Å². The first-order valence-corrected chi connectivity index (χ1v) is 6.90. The molecule has 0 atom stereocenters. The highest BCUT2D eigenvalue weighted by Crippen LogP contribution is 2.28. The summed E-state index contributed by atoms with van der Waals surface area (Å²) in [5, 5.41) is 2.84. The number of nitrogens with zero attached hydrogens (tertiary/aromatic N) is 1. The zero-order chi connectivity index (χ0) is 14.9. The highest BCUT2D eigenvalue weighted by molar-refractivity contribution is 9.10. The Morgan fingerprint density at radius 2 is 2.00 bits per heavy atom. The van der Waals surface area contributed by atoms with E-state index in [1.54, 1.807) is 6.20 Å². The van der Waals surface area contributed by atoms with Crippen molar-refractivity contribution in [2.75, 3.05) is 5.32 Å². The maximum absolute atomic E-state index is 13.6. The van der Waals surface area contributed by atoms with E-state index in [1.807, 2.05) is 20.8 Å². The van der Waals surface area contributed by atoms with Crippen molar-refractivity contribution in [1.29, 1.82) is 0 Å². The maximum Gasteiger partial charge on any atom is 0.213 e. The Morgan fingerprint density at radius 3 is 2.55 bits per heavy atom. The van der Waals surface area contributed by atoms with Gasteiger partial charge in [0.15, 0.2) is 0 Å². The number of aromatic nitrogens is 1. The van der Waals surface area contributed by atoms with Gasteiger partial charge in [-0.1, -0.05) is 20.8 Å². The van der Waals surface area contributed by atoms with Crippen molar-refractivity contribution in [3.63, 3.8) is 0 Å². The standard InChI is InChI=1S/C14H15BrF2N2O/c1-14(2,3)11-6-18-12(20-11)7-19-13-9(15)4-8(16)5-10(13)17/h4-6,19H,7H2,1-3H3. The molecule has 108 valence electrons. The van der Waals surface area contributed by atoms with Crippen molar-refractivity contribution < 1.29 is 13.2 Å². The van der Waals surface area contributed by atoms with Gasteiger partial charge in [0.1, 0.15) is 17.4 Å². The van der Waals surface area contributed by atoms with Crippen LogP contribution in [0.2, 0.25) is 0 Å². The van der Waals surface area contributed by atoms with Crippen LogP contribution >= 0.6 is 15.9 Å². The van der Waals surface area contributed by atoms with Gasteiger partial charge in [0.25, 0.3) is 0 Å². The lowest BCUT2D eigenvalue weighted by molar-refractivity contribution is 0.385. The molecule has 0 aliphatic heterocycles. The summed E-state index contributed by atoms with van der Waals surface area (Å²) >= 11 is 3.11. The van der Waals surface area contributed by atoms with Crippen LogP contribution in [0, 0.1) is 11.6 Å². The molecule has 0 aliphatic rings. The van der Waals surface area contributed by atoms with Gasteiger partial charge < -0.3 is 9.73 Å². The second kappa shape index (κ2) is 5.52. The number of oxazole rings is 1. The summed E-state index contributed by atoms with van der Waals surface area (Å²) < 4.78 is 32.5. The molecule has 1 N–H and O–H groups in total. The molecule has 0 unspecified atom stereocenters. The summed E-state index contributed by atoms with van der Waals surface area (Å²) in [4.78, 5) is 4.13. The molecule has 0 radical (unpaired) electrons. The third kappa shape index (κ3) is 3.36. The predicted octanol–water partition coefficient (Wildman–Crippen LogP) is 4.62. The zero-order valence-electron chi connectivity index (χ0n) is 11.4. The summed E-state index contributed by atoms with van der Waals surface area (Å²) in [6.07, 6.45) is 1.66. The lowest BCUT2D eigenvalue weighted by atomic mass is 9.94. The highest BCUT2D eigenvalue weighted by atomic mass is 79.9. The number of hydrogen-bond acceptors (Lipinski definition) is 3. The molecule has 20 heavy (non-hydrogen) atoms. The summed E-state index contributed by atoms with van der Waals surface area (Å²) in [5.74, 6) is -0.0935. The lowest BCUT2D eigenvalue weighted by Crippen LogP contribution is -2.09. The maximum atomic E-state index is 13.6. The summed E-state index contributed by atoms with van der Waals surface area (Å²) in [5.41, 5.74) is 0.0503. The monoisotopic (exact) mass is 344 g/mol. The number of halogens is 3. The molecule has 2 rings (SSSR count). The number of nitrogens with one attached hydrogen (secondary N) is 1. The van der Waals surface area contributed by atoms with E-state index < -0.39 is 11.6 Å². The number of rotatable bonds is 3. The number of hydrogen-bond donors (Lipinski definition) is 1. The SMILES string of the molecule is CC(C)(C)c1cnc(CNc2c(F)cc(F)cc2Br)o1. The molecule has 1 aromatic carbocycles. The van der Waals surface area contributed by atoms with Crippen LogP contribution in [0.5, 0.6) is 0 Å². The van der Waals surface area contributed by atoms with Crippen LogP contribution in [0.4, 0.5) is 14.5 Å². The molecule has 0 saturated carbocycles. The molecule has 1 heterocycles. The molecule has 6 heteroatoms. The molecule has 0 fully saturated rings. The topological polar surface area (TPSA) is 38.1 Å². The second-order valence-corrected chi connectivity index (χ2v) is 6.32. The third-order valence-corrected chi connectivity index (χ3v) is 3.34. The van der Waals surface area contributed by atoms with Crippen molar-refractivity contribution in [2.45, 2.75) is 32.7 Å². The van der Waals surface area contributed by atoms with Crippen LogP contribution in [0.15, 0.2) is 27.2 Å². The molecular weight excluding hydrogens is 330 g/mol. The Bertz CT molecular complexity index is 597. The van der Waals surface area contributed by atoms with Gasteiger partial charge in [-0.15, -0.1) is 0 Å². The first-order valence-electron chi connectivity index (χ1n) is 6.11. The number of benzene rings is 1. The summed E-state index contributed by atoms with van der Waals surface area (Å²) in [6, 6.07) is 2.02. The van der Waals surface area contributed by atoms with Crippen molar-refractivity contribution in [2.24, 2.45) is 0 Å². The molecule has 0 saturated heterocycles. The van der Waals surface area contributed by atoms with Gasteiger partial charge in [0.05, 0.1) is 18.4 Å². The molecule has 3 nitrogen and oxygen atoms in total. The molecule has 0 amide bonds. The predicted molar refractivity (Wildman–Crippen MR) is 76.6 cm³/mol. The average molecular weight is 345 g/mol. The van der Waals surface area contributed by atoms with E-state index in [1.165, 1.54) is 6.07 Å². The zero-order valence-corrected chi connectivity index (χ0v) is 13.0. The van der Waals surface area contributed by atoms with E-state index in [-0.39, 0.29) is 17.6 Å². The van der Waals surface area contributed by atoms with Crippen molar-refractivity contribution in [3.05, 3.63) is 46.1 Å². The van der Waals surface area contributed by atoms with Crippen LogP contribution in [0.25, 0.3) is 0 Å². The Balaban J connectivity index is 2.12. The van der Waals surface area contributed by atoms with E-state index in [4.69, 9.17) is 4.42 Å². The van der Waals surface area contributed by atoms with Gasteiger partial charge in [-0.05, 0) is 22.0 Å². The quantitative estimate of drug-likeness (QED) is 0.882. The minimum Gasteiger partial charge on any atom is -0.443 e. The van der Waals surface area contributed by atoms with Gasteiger partial charge in [0.2, 0.25) is 5.89 Å². The van der Waals surface area contributed by atoms with Crippen LogP contribution in [-0.2, 0) is 12.0 Å². The van der Waals surface area contributed by atoms with E-state index >= 15 is 0 Å². The highest BCUT2D eigenvalue weighted by Gasteiger charge is 2.19. The van der Waals surface area contributed by atoms with Gasteiger partial charge >= 0.3 is 0 Å². The minimum atomic E-state index is -0.667. The fraction of sp³-hybridized carbons (Fsp3) is 0.357. The van der Waals surface area contributed by atoms with Gasteiger partial charge in [0, 0.05) is 16.0 Å². The summed E-state index contributed by atoms with van der Waals surface area (Å²) in [6.45, 7) is 6.26. The third-order valence-electron chi connectivity index (χ3n) is 2.72. The van der Waals surface area contributed by atoms with Gasteiger partial charge in [-0.25, -0.2) is 13.8 Å². The molecular formula is C14H15BrF2N2O. The Hall–Kier alpha value is -1.43. The first kappa shape index (κ1) is 15.0. The lowest BCUT2D eigenvalue weighted by Gasteiger charge is -2.13. The smallest absolute Gasteiger partial charge is 0.213 e. The van der Waals surface area contributed by atoms with E-state index in [9.17, 15) is 8.78 Å². The van der Waals surface area contributed by atoms with Gasteiger partial charge in [-0.2, -0.15) is 0 Å². The Morgan fingerprint density at radius 1 is 1.30 bits per heavy atom. The molecule has 1 aromatic heterocycles. The fourth-order valence-corrected chi connectivity index (χ4v) is 2.16. The van der Waals surface area contributed by atoms with Crippen molar-refractivity contribution >= 4 is 21.6 Å². The fourth-order valence-electron chi connectivity index (χ4n) is 1.61. The van der Waals surface area contributed by atoms with E-state index in [2.05, 4.69) is 26.2 Å². The van der Waals surface area contributed by atoms with E-state index in [0.29, 0.717) is 10.4 Å². The number of anilines is 1. The Kier molecular flexibility index (Phi) is 4.13. The summed E-state index contributed by atoms with van der Waals surface area (Å²) in [7, 11) is 0. The van der Waals surface area contributed by atoms with Crippen LogP contribution < -0.4 is 5.32 Å². The Labute approximate surface area is 124 Å². The normalized spacial score (nSPS) is 11.7. The minimum absolute atomic E-state index is 0.132. The van der Waals surface area contributed by atoms with Gasteiger partial charge in [-0.3, -0.25) is 0 Å². The van der Waals surface area contributed by atoms with Crippen molar-refractivity contribution in [3.8, 4) is 0 Å². The molecule has 0 bridgehead atoms. The first-order chi connectivity index (χ1) is 9.27. The molecule has 0 aliphatic carbocycles. The van der Waals surface area contributed by atoms with Crippen molar-refractivity contribution in [1.82, 2.24) is 4.98 Å². The van der Waals surface area contributed by atoms with Crippen LogP contribution in [0.3, 0.4) is 0 Å². The average Bonchev–Trinajstić information content (AvgIpc) is 2.75. The molecule has 0 spiro atoms. The van der Waals surface area contributed by atoms with Crippen LogP contribution in [-0.4, -0.2) is 4.98 Å². The largest absolute Gasteiger partial charge is 0.443 e. The molecule has 2 aromatic rings. The second-order valence-electron chi connectivity index (χ2n) is 5.47. The van der Waals surface area contributed by atoms with E-state index in [0.717, 1.165) is 11.8 Å².